The number of aromatic nitrogens is 1. The van der Waals surface area contributed by atoms with Crippen LogP contribution in [0.25, 0.3) is 0 Å². The van der Waals surface area contributed by atoms with Crippen molar-refractivity contribution in [1.29, 1.82) is 0 Å². The second kappa shape index (κ2) is 6.28. The Balaban J connectivity index is 2.06. The lowest BCUT2D eigenvalue weighted by molar-refractivity contribution is -0.121. The Bertz CT molecular complexity index is 583. The first-order chi connectivity index (χ1) is 10.5. The van der Waals surface area contributed by atoms with E-state index in [0.717, 1.165) is 18.7 Å². The molecule has 0 aromatic carbocycles. The van der Waals surface area contributed by atoms with Gasteiger partial charge in [-0.15, -0.1) is 0 Å². The standard InChI is InChI=1S/C18H27N2OP/c1-11-5-8-14(21)10-15(11)18-17(13-6-7-13)12(2)9-16(19-18)20(3)22-4/h9,11,13,15,22H,5-8,10H2,1-4H3. The van der Waals surface area contributed by atoms with E-state index >= 15 is 0 Å². The van der Waals surface area contributed by atoms with Crippen LogP contribution in [0.5, 0.6) is 0 Å². The number of ketones is 1. The smallest absolute Gasteiger partial charge is 0.133 e. The average molecular weight is 318 g/mol. The Morgan fingerprint density at radius 1 is 1.32 bits per heavy atom. The van der Waals surface area contributed by atoms with Crippen molar-refractivity contribution in [3.05, 3.63) is 22.9 Å². The van der Waals surface area contributed by atoms with Crippen molar-refractivity contribution >= 4 is 20.3 Å². The number of Topliss-reactive ketones (excluding diaryl/α,β-unsaturated/α-hetero) is 1. The van der Waals surface area contributed by atoms with E-state index in [-0.39, 0.29) is 0 Å². The third-order valence-corrected chi connectivity index (χ3v) is 6.21. The fourth-order valence-electron chi connectivity index (χ4n) is 3.67. The summed E-state index contributed by atoms with van der Waals surface area (Å²) in [7, 11) is 2.82. The second-order valence-corrected chi connectivity index (χ2v) is 8.14. The van der Waals surface area contributed by atoms with Crippen LogP contribution in [0.1, 0.15) is 67.7 Å². The molecule has 0 bridgehead atoms. The minimum Gasteiger partial charge on any atom is -0.342 e. The molecule has 3 unspecified atom stereocenters. The first-order valence-electron chi connectivity index (χ1n) is 8.45. The number of anilines is 1. The lowest BCUT2D eigenvalue weighted by atomic mass is 9.76. The molecule has 2 fully saturated rings. The van der Waals surface area contributed by atoms with Crippen LogP contribution < -0.4 is 4.67 Å². The summed E-state index contributed by atoms with van der Waals surface area (Å²) in [6.07, 6.45) is 5.04. The SMILES string of the molecule is CPN(C)c1cc(C)c(C2CC2)c(C2CC(=O)CCC2C)n1. The first-order valence-corrected chi connectivity index (χ1v) is 9.90. The maximum atomic E-state index is 12.0. The molecule has 3 nitrogen and oxygen atoms in total. The van der Waals surface area contributed by atoms with Gasteiger partial charge in [-0.25, -0.2) is 4.98 Å². The van der Waals surface area contributed by atoms with Crippen molar-refractivity contribution in [2.24, 2.45) is 5.92 Å². The van der Waals surface area contributed by atoms with Crippen molar-refractivity contribution in [3.63, 3.8) is 0 Å². The predicted molar refractivity (Wildman–Crippen MR) is 94.4 cm³/mol. The van der Waals surface area contributed by atoms with Gasteiger partial charge in [-0.3, -0.25) is 4.79 Å². The highest BCUT2D eigenvalue weighted by atomic mass is 31.1. The molecule has 2 aliphatic carbocycles. The highest BCUT2D eigenvalue weighted by Crippen LogP contribution is 2.48. The minimum absolute atomic E-state index is 0.323. The minimum atomic E-state index is 0.323. The van der Waals surface area contributed by atoms with Crippen LogP contribution in [0.15, 0.2) is 6.07 Å². The summed E-state index contributed by atoms with van der Waals surface area (Å²) in [6, 6.07) is 2.24. The van der Waals surface area contributed by atoms with Crippen LogP contribution in [-0.2, 0) is 4.79 Å². The number of pyridine rings is 1. The van der Waals surface area contributed by atoms with Crippen molar-refractivity contribution in [1.82, 2.24) is 4.98 Å². The van der Waals surface area contributed by atoms with Crippen molar-refractivity contribution in [2.45, 2.75) is 57.8 Å². The number of rotatable bonds is 4. The van der Waals surface area contributed by atoms with Gasteiger partial charge in [-0.1, -0.05) is 6.92 Å². The van der Waals surface area contributed by atoms with Gasteiger partial charge in [0.05, 0.1) is 5.69 Å². The third kappa shape index (κ3) is 3.06. The molecule has 1 heterocycles. The lowest BCUT2D eigenvalue weighted by Crippen LogP contribution is -2.24. The van der Waals surface area contributed by atoms with Crippen LogP contribution in [0.4, 0.5) is 5.82 Å². The molecule has 2 aliphatic rings. The van der Waals surface area contributed by atoms with E-state index in [1.165, 1.54) is 29.7 Å². The summed E-state index contributed by atoms with van der Waals surface area (Å²) < 4.78 is 2.22. The third-order valence-electron chi connectivity index (χ3n) is 5.31. The van der Waals surface area contributed by atoms with Gasteiger partial charge in [0.15, 0.2) is 0 Å². The van der Waals surface area contributed by atoms with E-state index in [1.54, 1.807) is 0 Å². The van der Waals surface area contributed by atoms with Gasteiger partial charge in [-0.2, -0.15) is 0 Å². The Morgan fingerprint density at radius 3 is 2.68 bits per heavy atom. The van der Waals surface area contributed by atoms with E-state index < -0.39 is 0 Å². The summed E-state index contributed by atoms with van der Waals surface area (Å²) in [6.45, 7) is 6.70. The van der Waals surface area contributed by atoms with Crippen LogP contribution in [0.2, 0.25) is 0 Å². The molecule has 0 aliphatic heterocycles. The van der Waals surface area contributed by atoms with Gasteiger partial charge in [0.2, 0.25) is 0 Å². The summed E-state index contributed by atoms with van der Waals surface area (Å²) in [5.74, 6) is 3.06. The molecular formula is C18H27N2OP. The van der Waals surface area contributed by atoms with Crippen molar-refractivity contribution in [3.8, 4) is 0 Å². The van der Waals surface area contributed by atoms with Crippen molar-refractivity contribution < 1.29 is 4.79 Å². The molecule has 0 saturated heterocycles. The monoisotopic (exact) mass is 318 g/mol. The van der Waals surface area contributed by atoms with Gasteiger partial charge >= 0.3 is 0 Å². The molecular weight excluding hydrogens is 291 g/mol. The van der Waals surface area contributed by atoms with Gasteiger partial charge in [-0.05, 0) is 70.6 Å². The molecule has 0 radical (unpaired) electrons. The van der Waals surface area contributed by atoms with Gasteiger partial charge < -0.3 is 4.67 Å². The predicted octanol–water partition coefficient (Wildman–Crippen LogP) is 4.40. The maximum absolute atomic E-state index is 12.0. The molecule has 3 rings (SSSR count). The maximum Gasteiger partial charge on any atom is 0.133 e. The average Bonchev–Trinajstić information content (AvgIpc) is 3.32. The van der Waals surface area contributed by atoms with E-state index in [4.69, 9.17) is 4.98 Å². The van der Waals surface area contributed by atoms with Gasteiger partial charge in [0.25, 0.3) is 0 Å². The zero-order valence-corrected chi connectivity index (χ0v) is 15.1. The molecule has 1 aromatic rings. The number of carbonyl (C=O) groups is 1. The number of hydrogen-bond donors (Lipinski definition) is 0. The van der Waals surface area contributed by atoms with Crippen LogP contribution in [-0.4, -0.2) is 24.5 Å². The largest absolute Gasteiger partial charge is 0.342 e. The van der Waals surface area contributed by atoms with Gasteiger partial charge in [0, 0.05) is 25.8 Å². The summed E-state index contributed by atoms with van der Waals surface area (Å²) in [5, 5.41) is 0. The molecule has 0 N–H and O–H groups in total. The molecule has 22 heavy (non-hydrogen) atoms. The van der Waals surface area contributed by atoms with Crippen molar-refractivity contribution in [2.75, 3.05) is 18.4 Å². The topological polar surface area (TPSA) is 33.2 Å². The van der Waals surface area contributed by atoms with Crippen LogP contribution >= 0.6 is 8.73 Å². The van der Waals surface area contributed by atoms with E-state index in [0.29, 0.717) is 38.7 Å². The fourth-order valence-corrected chi connectivity index (χ4v) is 4.01. The van der Waals surface area contributed by atoms with E-state index in [9.17, 15) is 4.79 Å². The molecule has 1 aromatic heterocycles. The first kappa shape index (κ1) is 15.9. The quantitative estimate of drug-likeness (QED) is 0.772. The fraction of sp³-hybridized carbons (Fsp3) is 0.667. The lowest BCUT2D eigenvalue weighted by Gasteiger charge is -2.31. The molecule has 0 spiro atoms. The summed E-state index contributed by atoms with van der Waals surface area (Å²) in [5.41, 5.74) is 4.07. The molecule has 3 atom stereocenters. The molecule has 0 amide bonds. The highest BCUT2D eigenvalue weighted by Gasteiger charge is 2.36. The van der Waals surface area contributed by atoms with Crippen LogP contribution in [0.3, 0.4) is 0 Å². The molecule has 120 valence electrons. The Hall–Kier alpha value is -0.950. The van der Waals surface area contributed by atoms with Gasteiger partial charge in [0.1, 0.15) is 11.6 Å². The van der Waals surface area contributed by atoms with E-state index in [1.807, 2.05) is 0 Å². The highest BCUT2D eigenvalue weighted by molar-refractivity contribution is 7.39. The van der Waals surface area contributed by atoms with Crippen LogP contribution in [0, 0.1) is 12.8 Å². The second-order valence-electron chi connectivity index (χ2n) is 7.02. The van der Waals surface area contributed by atoms with E-state index in [2.05, 4.69) is 38.3 Å². The summed E-state index contributed by atoms with van der Waals surface area (Å²) in [4.78, 5) is 17.1. The number of aryl methyl sites for hydroxylation is 1. The number of carbonyl (C=O) groups excluding carboxylic acids is 1. The zero-order chi connectivity index (χ0) is 15.9. The zero-order valence-electron chi connectivity index (χ0n) is 14.1. The molecule has 2 saturated carbocycles. The molecule has 4 heteroatoms. The Labute approximate surface area is 135 Å². The Kier molecular flexibility index (Phi) is 4.54. The number of hydrogen-bond acceptors (Lipinski definition) is 3. The number of nitrogens with zero attached hydrogens (tertiary/aromatic N) is 2. The Morgan fingerprint density at radius 2 is 2.05 bits per heavy atom. The normalized spacial score (nSPS) is 25.9. The summed E-state index contributed by atoms with van der Waals surface area (Å²) >= 11 is 0.